The molecule has 0 aromatic carbocycles. The molecule has 0 amide bonds. The summed E-state index contributed by atoms with van der Waals surface area (Å²) >= 11 is 0. The van der Waals surface area contributed by atoms with Gasteiger partial charge in [0.15, 0.2) is 0 Å². The van der Waals surface area contributed by atoms with Gasteiger partial charge in [0, 0.05) is 18.3 Å². The van der Waals surface area contributed by atoms with E-state index in [0.29, 0.717) is 0 Å². The van der Waals surface area contributed by atoms with Crippen molar-refractivity contribution in [2.75, 3.05) is 7.05 Å². The average Bonchev–Trinajstić information content (AvgIpc) is 2.64. The zero-order valence-corrected chi connectivity index (χ0v) is 14.1. The van der Waals surface area contributed by atoms with Gasteiger partial charge in [-0.3, -0.25) is 0 Å². The van der Waals surface area contributed by atoms with E-state index in [4.69, 9.17) is 0 Å². The maximum atomic E-state index is 4.50. The van der Waals surface area contributed by atoms with Gasteiger partial charge in [0.1, 0.15) is 0 Å². The standard InChI is InChI=1S/C11H13N.C6H14.CH5N/c1-8-3-4-10-6-11(5-8)12-7-9(10)2;1-4-6(3)5-2;1-2/h3-5,7,12H,6H2,1-2H3;6H,4-5H2,1-3H3;2H2,1H3. The Balaban J connectivity index is 0.000000387. The normalized spacial score (nSPS) is 16.0. The van der Waals surface area contributed by atoms with E-state index in [1.165, 1.54) is 42.3 Å². The van der Waals surface area contributed by atoms with Crippen molar-refractivity contribution >= 4 is 0 Å². The van der Waals surface area contributed by atoms with E-state index in [1.54, 1.807) is 0 Å². The van der Waals surface area contributed by atoms with Crippen LogP contribution in [0.4, 0.5) is 0 Å². The third-order valence-corrected chi connectivity index (χ3v) is 3.70. The molecular formula is C18H32N2. The van der Waals surface area contributed by atoms with Gasteiger partial charge in [-0.15, -0.1) is 0 Å². The summed E-state index contributed by atoms with van der Waals surface area (Å²) in [5.41, 5.74) is 9.89. The minimum atomic E-state index is 0.935. The molecule has 3 N–H and O–H groups in total. The fourth-order valence-corrected chi connectivity index (χ4v) is 1.82. The van der Waals surface area contributed by atoms with Crippen molar-refractivity contribution in [2.45, 2.75) is 53.9 Å². The molecule has 0 fully saturated rings. The van der Waals surface area contributed by atoms with Crippen LogP contribution in [0.5, 0.6) is 0 Å². The Morgan fingerprint density at radius 3 is 2.25 bits per heavy atom. The Morgan fingerprint density at radius 1 is 1.15 bits per heavy atom. The quantitative estimate of drug-likeness (QED) is 0.769. The molecule has 0 spiro atoms. The van der Waals surface area contributed by atoms with E-state index in [0.717, 1.165) is 12.3 Å². The summed E-state index contributed by atoms with van der Waals surface area (Å²) in [5, 5.41) is 3.29. The summed E-state index contributed by atoms with van der Waals surface area (Å²) in [6.07, 6.45) is 12.4. The summed E-state index contributed by atoms with van der Waals surface area (Å²) in [4.78, 5) is 0. The first kappa shape index (κ1) is 18.7. The van der Waals surface area contributed by atoms with Gasteiger partial charge in [0.2, 0.25) is 0 Å². The highest BCUT2D eigenvalue weighted by Gasteiger charge is 2.10. The zero-order chi connectivity index (χ0) is 15.5. The topological polar surface area (TPSA) is 38.0 Å². The highest BCUT2D eigenvalue weighted by molar-refractivity contribution is 5.44. The van der Waals surface area contributed by atoms with E-state index in [2.05, 4.69) is 70.1 Å². The molecule has 114 valence electrons. The molecule has 0 radical (unpaired) electrons. The van der Waals surface area contributed by atoms with Crippen LogP contribution in [0.15, 0.2) is 46.8 Å². The molecule has 2 rings (SSSR count). The Morgan fingerprint density at radius 2 is 1.75 bits per heavy atom. The van der Waals surface area contributed by atoms with Gasteiger partial charge in [-0.2, -0.15) is 0 Å². The summed E-state index contributed by atoms with van der Waals surface area (Å²) < 4.78 is 0. The molecule has 1 heterocycles. The molecule has 1 aliphatic carbocycles. The maximum absolute atomic E-state index is 4.50. The Hall–Kier alpha value is -1.28. The van der Waals surface area contributed by atoms with Crippen molar-refractivity contribution in [1.82, 2.24) is 5.32 Å². The minimum absolute atomic E-state index is 0.935. The molecule has 20 heavy (non-hydrogen) atoms. The van der Waals surface area contributed by atoms with Crippen molar-refractivity contribution in [2.24, 2.45) is 11.7 Å². The van der Waals surface area contributed by atoms with E-state index in [1.807, 2.05) is 0 Å². The van der Waals surface area contributed by atoms with Crippen LogP contribution in [0.3, 0.4) is 0 Å². The molecule has 2 nitrogen and oxygen atoms in total. The van der Waals surface area contributed by atoms with Crippen LogP contribution in [0.1, 0.15) is 53.9 Å². The summed E-state index contributed by atoms with van der Waals surface area (Å²) in [7, 11) is 1.50. The van der Waals surface area contributed by atoms with Crippen LogP contribution in [-0.4, -0.2) is 7.05 Å². The highest BCUT2D eigenvalue weighted by Crippen LogP contribution is 2.25. The number of allylic oxidation sites excluding steroid dienone is 6. The molecule has 2 aliphatic rings. The SMILES string of the molecule is CC1=CC=C2CC(=C1)NC=C2C.CCC(C)CC.CN. The Bertz CT molecular complexity index is 394. The molecule has 2 heteroatoms. The minimum Gasteiger partial charge on any atom is -0.364 e. The lowest BCUT2D eigenvalue weighted by molar-refractivity contribution is 0.544. The molecule has 0 aromatic rings. The number of nitrogens with one attached hydrogen (secondary N) is 1. The molecule has 0 aromatic heterocycles. The first-order chi connectivity index (χ1) is 9.56. The van der Waals surface area contributed by atoms with Gasteiger partial charge in [-0.05, 0) is 49.6 Å². The molecule has 2 bridgehead atoms. The van der Waals surface area contributed by atoms with Crippen LogP contribution in [0.2, 0.25) is 0 Å². The van der Waals surface area contributed by atoms with Gasteiger partial charge < -0.3 is 11.1 Å². The lowest BCUT2D eigenvalue weighted by Gasteiger charge is -2.16. The lowest BCUT2D eigenvalue weighted by atomic mass is 10.0. The van der Waals surface area contributed by atoms with Crippen molar-refractivity contribution in [3.8, 4) is 0 Å². The van der Waals surface area contributed by atoms with Crippen molar-refractivity contribution < 1.29 is 0 Å². The Labute approximate surface area is 125 Å². The fourth-order valence-electron chi connectivity index (χ4n) is 1.82. The highest BCUT2D eigenvalue weighted by atomic mass is 14.9. The summed E-state index contributed by atoms with van der Waals surface area (Å²) in [5.74, 6) is 0.935. The second-order valence-corrected chi connectivity index (χ2v) is 5.34. The number of rotatable bonds is 2. The zero-order valence-electron chi connectivity index (χ0n) is 14.1. The summed E-state index contributed by atoms with van der Waals surface area (Å²) in [6.45, 7) is 11.0. The van der Waals surface area contributed by atoms with Crippen LogP contribution in [-0.2, 0) is 0 Å². The van der Waals surface area contributed by atoms with Crippen molar-refractivity contribution in [3.05, 3.63) is 46.8 Å². The van der Waals surface area contributed by atoms with Gasteiger partial charge >= 0.3 is 0 Å². The maximum Gasteiger partial charge on any atom is 0.0193 e. The van der Waals surface area contributed by atoms with E-state index < -0.39 is 0 Å². The van der Waals surface area contributed by atoms with Gasteiger partial charge in [-0.25, -0.2) is 0 Å². The predicted molar refractivity (Wildman–Crippen MR) is 91.3 cm³/mol. The lowest BCUT2D eigenvalue weighted by Crippen LogP contribution is -2.12. The average molecular weight is 276 g/mol. The fraction of sp³-hybridized carbons (Fsp3) is 0.556. The van der Waals surface area contributed by atoms with Crippen LogP contribution in [0.25, 0.3) is 0 Å². The second kappa shape index (κ2) is 10.5. The second-order valence-electron chi connectivity index (χ2n) is 5.34. The van der Waals surface area contributed by atoms with Gasteiger partial charge in [0.25, 0.3) is 0 Å². The summed E-state index contributed by atoms with van der Waals surface area (Å²) in [6, 6.07) is 0. The molecule has 1 aliphatic heterocycles. The van der Waals surface area contributed by atoms with Crippen LogP contribution < -0.4 is 11.1 Å². The smallest absolute Gasteiger partial charge is 0.0193 e. The predicted octanol–water partition coefficient (Wildman–Crippen LogP) is 4.67. The van der Waals surface area contributed by atoms with Crippen LogP contribution in [0, 0.1) is 5.92 Å². The number of hydrogen-bond donors (Lipinski definition) is 2. The molecule has 0 saturated heterocycles. The van der Waals surface area contributed by atoms with Crippen molar-refractivity contribution in [1.29, 1.82) is 0 Å². The number of hydrogen-bond acceptors (Lipinski definition) is 2. The third-order valence-electron chi connectivity index (χ3n) is 3.70. The monoisotopic (exact) mass is 276 g/mol. The van der Waals surface area contributed by atoms with Crippen molar-refractivity contribution in [3.63, 3.8) is 0 Å². The van der Waals surface area contributed by atoms with E-state index >= 15 is 0 Å². The van der Waals surface area contributed by atoms with E-state index in [-0.39, 0.29) is 0 Å². The first-order valence-electron chi connectivity index (χ1n) is 7.66. The van der Waals surface area contributed by atoms with Crippen LogP contribution >= 0.6 is 0 Å². The number of nitrogens with two attached hydrogens (primary N) is 1. The first-order valence-corrected chi connectivity index (χ1v) is 7.66. The van der Waals surface area contributed by atoms with Gasteiger partial charge in [0.05, 0.1) is 0 Å². The van der Waals surface area contributed by atoms with Gasteiger partial charge in [-0.1, -0.05) is 45.8 Å². The molecule has 0 saturated carbocycles. The van der Waals surface area contributed by atoms with E-state index in [9.17, 15) is 0 Å². The molecular weight excluding hydrogens is 244 g/mol. The number of fused-ring (bicyclic) bond motifs is 2. The largest absolute Gasteiger partial charge is 0.364 e. The molecule has 0 atom stereocenters. The Kier molecular flexibility index (Phi) is 9.83. The third kappa shape index (κ3) is 6.76. The molecule has 0 unspecified atom stereocenters.